The van der Waals surface area contributed by atoms with Crippen molar-refractivity contribution in [1.82, 2.24) is 9.97 Å². The zero-order valence-corrected chi connectivity index (χ0v) is 11.5. The molecule has 1 aromatic carbocycles. The Kier molecular flexibility index (Phi) is 3.80. The summed E-state index contributed by atoms with van der Waals surface area (Å²) in [5, 5.41) is 0. The van der Waals surface area contributed by atoms with Gasteiger partial charge in [0.15, 0.2) is 10.4 Å². The average molecular weight is 300 g/mol. The summed E-state index contributed by atoms with van der Waals surface area (Å²) in [5.74, 6) is 0.338. The molecule has 0 aliphatic heterocycles. The van der Waals surface area contributed by atoms with Gasteiger partial charge in [-0.25, -0.2) is 4.98 Å². The maximum absolute atomic E-state index is 12.7. The highest BCUT2D eigenvalue weighted by Gasteiger charge is 2.30. The first-order chi connectivity index (χ1) is 9.34. The first kappa shape index (κ1) is 14.5. The standard InChI is InChI=1S/C13H11F3N2OS/c1-7-5-8(13(14,15)16)3-4-9(7)10-11(19-2)12(20)18-6-17-10/h3-6H,1-2H3,(H,17,18,20). The third-order valence-corrected chi connectivity index (χ3v) is 3.13. The van der Waals surface area contributed by atoms with E-state index in [0.717, 1.165) is 12.1 Å². The number of hydrogen-bond donors (Lipinski definition) is 1. The van der Waals surface area contributed by atoms with Crippen LogP contribution >= 0.6 is 12.2 Å². The SMILES string of the molecule is COc1c(-c2ccc(C(F)(F)F)cc2C)[nH]cnc1=S. The van der Waals surface area contributed by atoms with Crippen molar-refractivity contribution in [3.63, 3.8) is 0 Å². The van der Waals surface area contributed by atoms with E-state index in [-0.39, 0.29) is 4.64 Å². The Morgan fingerprint density at radius 1 is 1.30 bits per heavy atom. The zero-order valence-electron chi connectivity index (χ0n) is 10.7. The number of hydrogen-bond acceptors (Lipinski definition) is 3. The molecule has 0 saturated carbocycles. The monoisotopic (exact) mass is 300 g/mol. The van der Waals surface area contributed by atoms with Gasteiger partial charge in [-0.1, -0.05) is 18.3 Å². The Morgan fingerprint density at radius 3 is 2.55 bits per heavy atom. The second-order valence-electron chi connectivity index (χ2n) is 4.14. The summed E-state index contributed by atoms with van der Waals surface area (Å²) in [6, 6.07) is 3.51. The minimum Gasteiger partial charge on any atom is -0.491 e. The molecular weight excluding hydrogens is 289 g/mol. The first-order valence-electron chi connectivity index (χ1n) is 5.64. The van der Waals surface area contributed by atoms with Crippen LogP contribution in [0, 0.1) is 11.6 Å². The van der Waals surface area contributed by atoms with Crippen LogP contribution in [0.15, 0.2) is 24.5 Å². The Balaban J connectivity index is 2.61. The smallest absolute Gasteiger partial charge is 0.416 e. The second kappa shape index (κ2) is 5.24. The number of H-pyrrole nitrogens is 1. The van der Waals surface area contributed by atoms with Gasteiger partial charge in [-0.2, -0.15) is 13.2 Å². The lowest BCUT2D eigenvalue weighted by Crippen LogP contribution is -2.05. The van der Waals surface area contributed by atoms with Crippen molar-refractivity contribution in [1.29, 1.82) is 0 Å². The number of alkyl halides is 3. The maximum atomic E-state index is 12.7. The van der Waals surface area contributed by atoms with Crippen LogP contribution in [0.1, 0.15) is 11.1 Å². The molecule has 106 valence electrons. The van der Waals surface area contributed by atoms with Crippen LogP contribution in [0.3, 0.4) is 0 Å². The summed E-state index contributed by atoms with van der Waals surface area (Å²) in [6.07, 6.45) is -2.98. The number of ether oxygens (including phenoxy) is 1. The van der Waals surface area contributed by atoms with E-state index in [4.69, 9.17) is 17.0 Å². The van der Waals surface area contributed by atoms with Gasteiger partial charge < -0.3 is 9.72 Å². The molecule has 1 N–H and O–H groups in total. The first-order valence-corrected chi connectivity index (χ1v) is 6.05. The molecule has 0 aliphatic rings. The van der Waals surface area contributed by atoms with Gasteiger partial charge in [-0.15, -0.1) is 0 Å². The number of aromatic nitrogens is 2. The van der Waals surface area contributed by atoms with Gasteiger partial charge in [-0.3, -0.25) is 0 Å². The topological polar surface area (TPSA) is 37.9 Å². The molecular formula is C13H11F3N2OS. The molecule has 0 unspecified atom stereocenters. The number of halogens is 3. The lowest BCUT2D eigenvalue weighted by Gasteiger charge is -2.13. The highest BCUT2D eigenvalue weighted by molar-refractivity contribution is 7.71. The van der Waals surface area contributed by atoms with Crippen LogP contribution in [0.4, 0.5) is 13.2 Å². The van der Waals surface area contributed by atoms with Crippen molar-refractivity contribution in [2.24, 2.45) is 0 Å². The minimum atomic E-state index is -4.36. The van der Waals surface area contributed by atoms with Crippen molar-refractivity contribution in [2.75, 3.05) is 7.11 Å². The largest absolute Gasteiger partial charge is 0.491 e. The summed E-state index contributed by atoms with van der Waals surface area (Å²) < 4.78 is 43.4. The minimum absolute atomic E-state index is 0.251. The van der Waals surface area contributed by atoms with Gasteiger partial charge >= 0.3 is 6.18 Å². The predicted octanol–water partition coefficient (Wildman–Crippen LogP) is 4.14. The molecule has 20 heavy (non-hydrogen) atoms. The van der Waals surface area contributed by atoms with E-state index >= 15 is 0 Å². The Bertz CT molecular complexity index is 695. The summed E-state index contributed by atoms with van der Waals surface area (Å²) in [7, 11) is 1.43. The van der Waals surface area contributed by atoms with Gasteiger partial charge in [0, 0.05) is 5.56 Å². The fourth-order valence-electron chi connectivity index (χ4n) is 1.90. The Hall–Kier alpha value is -1.89. The molecule has 0 atom stereocenters. The summed E-state index contributed by atoms with van der Waals surface area (Å²) in [6.45, 7) is 1.60. The third-order valence-electron chi connectivity index (χ3n) is 2.84. The van der Waals surface area contributed by atoms with E-state index in [1.807, 2.05) is 0 Å². The number of benzene rings is 1. The van der Waals surface area contributed by atoms with E-state index in [9.17, 15) is 13.2 Å². The molecule has 0 spiro atoms. The van der Waals surface area contributed by atoms with Gasteiger partial charge in [0.2, 0.25) is 0 Å². The average Bonchev–Trinajstić information content (AvgIpc) is 2.37. The van der Waals surface area contributed by atoms with Gasteiger partial charge in [0.1, 0.15) is 0 Å². The fourth-order valence-corrected chi connectivity index (χ4v) is 2.13. The number of aromatic amines is 1. The molecule has 1 heterocycles. The second-order valence-corrected chi connectivity index (χ2v) is 4.53. The lowest BCUT2D eigenvalue weighted by atomic mass is 10.0. The summed E-state index contributed by atoms with van der Waals surface area (Å²) in [5.41, 5.74) is 0.877. The van der Waals surface area contributed by atoms with Crippen LogP contribution < -0.4 is 4.74 Å². The van der Waals surface area contributed by atoms with E-state index in [2.05, 4.69) is 9.97 Å². The van der Waals surface area contributed by atoms with E-state index in [1.165, 1.54) is 19.5 Å². The van der Waals surface area contributed by atoms with E-state index in [0.29, 0.717) is 22.6 Å². The molecule has 0 bridgehead atoms. The molecule has 0 radical (unpaired) electrons. The molecule has 3 nitrogen and oxygen atoms in total. The van der Waals surface area contributed by atoms with Crippen LogP contribution in [-0.4, -0.2) is 17.1 Å². The predicted molar refractivity (Wildman–Crippen MR) is 71.1 cm³/mol. The van der Waals surface area contributed by atoms with E-state index in [1.54, 1.807) is 6.92 Å². The molecule has 2 rings (SSSR count). The molecule has 0 aliphatic carbocycles. The number of nitrogens with zero attached hydrogens (tertiary/aromatic N) is 1. The van der Waals surface area contributed by atoms with Crippen molar-refractivity contribution in [3.05, 3.63) is 40.3 Å². The Morgan fingerprint density at radius 2 is 2.00 bits per heavy atom. The quantitative estimate of drug-likeness (QED) is 0.847. The van der Waals surface area contributed by atoms with Gasteiger partial charge in [-0.05, 0) is 24.6 Å². The highest BCUT2D eigenvalue weighted by Crippen LogP contribution is 2.35. The van der Waals surface area contributed by atoms with E-state index < -0.39 is 11.7 Å². The van der Waals surface area contributed by atoms with Crippen molar-refractivity contribution in [3.8, 4) is 17.0 Å². The highest BCUT2D eigenvalue weighted by atomic mass is 32.1. The van der Waals surface area contributed by atoms with Crippen LogP contribution in [0.2, 0.25) is 0 Å². The number of rotatable bonds is 2. The molecule has 0 amide bonds. The zero-order chi connectivity index (χ0) is 14.9. The summed E-state index contributed by atoms with van der Waals surface area (Å²) >= 11 is 5.03. The van der Waals surface area contributed by atoms with Crippen molar-refractivity contribution >= 4 is 12.2 Å². The normalized spacial score (nSPS) is 11.4. The fraction of sp³-hybridized carbons (Fsp3) is 0.231. The summed E-state index contributed by atoms with van der Waals surface area (Å²) in [4.78, 5) is 6.74. The lowest BCUT2D eigenvalue weighted by molar-refractivity contribution is -0.137. The molecule has 0 fully saturated rings. The maximum Gasteiger partial charge on any atom is 0.416 e. The van der Waals surface area contributed by atoms with Crippen molar-refractivity contribution < 1.29 is 17.9 Å². The molecule has 0 saturated heterocycles. The van der Waals surface area contributed by atoms with Crippen molar-refractivity contribution in [2.45, 2.75) is 13.1 Å². The molecule has 7 heteroatoms. The number of aryl methyl sites for hydroxylation is 1. The molecule has 1 aromatic heterocycles. The number of nitrogens with one attached hydrogen (secondary N) is 1. The molecule has 2 aromatic rings. The Labute approximate surface area is 118 Å². The van der Waals surface area contributed by atoms with Gasteiger partial charge in [0.25, 0.3) is 0 Å². The van der Waals surface area contributed by atoms with Gasteiger partial charge in [0.05, 0.1) is 24.7 Å². The van der Waals surface area contributed by atoms with Crippen LogP contribution in [0.25, 0.3) is 11.3 Å². The third kappa shape index (κ3) is 2.67. The van der Waals surface area contributed by atoms with Crippen LogP contribution in [-0.2, 0) is 6.18 Å². The number of methoxy groups -OCH3 is 1. The van der Waals surface area contributed by atoms with Crippen LogP contribution in [0.5, 0.6) is 5.75 Å².